The van der Waals surface area contributed by atoms with Crippen molar-refractivity contribution in [1.29, 1.82) is 0 Å². The Kier molecular flexibility index (Phi) is 3.25. The maximum atomic E-state index is 5.98. The summed E-state index contributed by atoms with van der Waals surface area (Å²) in [5, 5.41) is 0. The average molecular weight is 276 g/mol. The van der Waals surface area contributed by atoms with Gasteiger partial charge in [0.1, 0.15) is 17.1 Å². The van der Waals surface area contributed by atoms with Gasteiger partial charge in [-0.25, -0.2) is 9.97 Å². The van der Waals surface area contributed by atoms with Crippen LogP contribution in [-0.2, 0) is 18.8 Å². The lowest BCUT2D eigenvalue weighted by molar-refractivity contribution is 0.491. The van der Waals surface area contributed by atoms with E-state index in [9.17, 15) is 0 Å². The van der Waals surface area contributed by atoms with Gasteiger partial charge in [-0.1, -0.05) is 0 Å². The van der Waals surface area contributed by atoms with Crippen molar-refractivity contribution in [2.45, 2.75) is 25.8 Å². The number of furan rings is 1. The van der Waals surface area contributed by atoms with Crippen LogP contribution in [-0.4, -0.2) is 14.5 Å². The monoisotopic (exact) mass is 275 g/mol. The molecule has 0 aliphatic rings. The summed E-state index contributed by atoms with van der Waals surface area (Å²) in [6.45, 7) is 2.80. The molecule has 4 nitrogen and oxygen atoms in total. The number of halogens is 1. The van der Waals surface area contributed by atoms with Crippen molar-refractivity contribution in [3.8, 4) is 0 Å². The molecule has 0 saturated heterocycles. The van der Waals surface area contributed by atoms with Gasteiger partial charge in [0.2, 0.25) is 0 Å². The van der Waals surface area contributed by atoms with Gasteiger partial charge in [0.15, 0.2) is 5.65 Å². The highest BCUT2D eigenvalue weighted by atomic mass is 35.5. The van der Waals surface area contributed by atoms with Gasteiger partial charge < -0.3 is 8.98 Å². The minimum absolute atomic E-state index is 0.383. The van der Waals surface area contributed by atoms with Crippen LogP contribution in [0.5, 0.6) is 0 Å². The molecule has 0 aromatic carbocycles. The number of rotatable bonds is 4. The molecule has 0 bridgehead atoms. The Bertz CT molecular complexity index is 688. The van der Waals surface area contributed by atoms with Crippen molar-refractivity contribution in [3.63, 3.8) is 0 Å². The molecular weight excluding hydrogens is 262 g/mol. The molecular formula is C14H14ClN3O. The lowest BCUT2D eigenvalue weighted by atomic mass is 10.3. The molecule has 0 spiro atoms. The molecule has 19 heavy (non-hydrogen) atoms. The molecule has 0 aliphatic carbocycles. The van der Waals surface area contributed by atoms with Crippen molar-refractivity contribution < 1.29 is 4.42 Å². The summed E-state index contributed by atoms with van der Waals surface area (Å²) in [6.07, 6.45) is 4.30. The number of aromatic nitrogens is 3. The molecule has 0 N–H and O–H groups in total. The number of hydrogen-bond donors (Lipinski definition) is 0. The van der Waals surface area contributed by atoms with Gasteiger partial charge in [-0.05, 0) is 30.7 Å². The Labute approximate surface area is 116 Å². The molecule has 0 atom stereocenters. The Morgan fingerprint density at radius 3 is 3.00 bits per heavy atom. The van der Waals surface area contributed by atoms with Crippen LogP contribution >= 0.6 is 11.6 Å². The third-order valence-corrected chi connectivity index (χ3v) is 3.44. The van der Waals surface area contributed by atoms with Gasteiger partial charge in [-0.2, -0.15) is 0 Å². The van der Waals surface area contributed by atoms with Gasteiger partial charge in [-0.15, -0.1) is 11.6 Å². The maximum absolute atomic E-state index is 5.98. The predicted molar refractivity (Wildman–Crippen MR) is 74.2 cm³/mol. The van der Waals surface area contributed by atoms with E-state index in [1.165, 1.54) is 0 Å². The Balaban J connectivity index is 1.99. The molecule has 0 unspecified atom stereocenters. The summed E-state index contributed by atoms with van der Waals surface area (Å²) in [7, 11) is 0. The van der Waals surface area contributed by atoms with Crippen molar-refractivity contribution in [1.82, 2.24) is 14.5 Å². The molecule has 3 rings (SSSR count). The lowest BCUT2D eigenvalue weighted by Gasteiger charge is -2.05. The zero-order valence-corrected chi connectivity index (χ0v) is 11.4. The zero-order valence-electron chi connectivity index (χ0n) is 10.6. The van der Waals surface area contributed by atoms with Crippen molar-refractivity contribution in [3.05, 3.63) is 47.8 Å². The third kappa shape index (κ3) is 2.24. The highest BCUT2D eigenvalue weighted by Gasteiger charge is 2.12. The van der Waals surface area contributed by atoms with Crippen molar-refractivity contribution in [2.75, 3.05) is 0 Å². The van der Waals surface area contributed by atoms with Crippen LogP contribution in [0.3, 0.4) is 0 Å². The second kappa shape index (κ2) is 5.05. The highest BCUT2D eigenvalue weighted by molar-refractivity contribution is 6.16. The first-order chi connectivity index (χ1) is 9.29. The number of alkyl halides is 1. The summed E-state index contributed by atoms with van der Waals surface area (Å²) in [5.74, 6) is 2.19. The maximum Gasteiger partial charge on any atom is 0.160 e. The van der Waals surface area contributed by atoms with E-state index in [0.717, 1.165) is 41.3 Å². The van der Waals surface area contributed by atoms with E-state index in [4.69, 9.17) is 16.0 Å². The standard InChI is InChI=1S/C14H14ClN3O/c1-10-4-6-16-14-13(10)17-12(9-15)18(14)7-5-11-3-2-8-19-11/h2-4,6,8H,5,7,9H2,1H3. The normalized spacial score (nSPS) is 11.3. The van der Waals surface area contributed by atoms with Crippen LogP contribution in [0.15, 0.2) is 35.1 Å². The predicted octanol–water partition coefficient (Wildman–Crippen LogP) is 3.31. The van der Waals surface area contributed by atoms with E-state index in [1.54, 1.807) is 12.5 Å². The summed E-state index contributed by atoms with van der Waals surface area (Å²) in [5.41, 5.74) is 2.94. The largest absolute Gasteiger partial charge is 0.469 e. The minimum Gasteiger partial charge on any atom is -0.469 e. The minimum atomic E-state index is 0.383. The average Bonchev–Trinajstić information content (AvgIpc) is 3.03. The van der Waals surface area contributed by atoms with E-state index in [2.05, 4.69) is 14.5 Å². The molecule has 5 heteroatoms. The number of imidazole rings is 1. The molecule has 3 heterocycles. The molecule has 98 valence electrons. The first-order valence-electron chi connectivity index (χ1n) is 6.18. The summed E-state index contributed by atoms with van der Waals surface area (Å²) < 4.78 is 7.42. The van der Waals surface area contributed by atoms with Gasteiger partial charge in [0.25, 0.3) is 0 Å². The van der Waals surface area contributed by atoms with Crippen LogP contribution in [0.2, 0.25) is 0 Å². The van der Waals surface area contributed by atoms with Gasteiger partial charge in [-0.3, -0.25) is 0 Å². The Hall–Kier alpha value is -1.81. The number of aryl methyl sites for hydroxylation is 3. The first kappa shape index (κ1) is 12.2. The quantitative estimate of drug-likeness (QED) is 0.686. The fourth-order valence-electron chi connectivity index (χ4n) is 2.20. The van der Waals surface area contributed by atoms with Gasteiger partial charge in [0.05, 0.1) is 12.1 Å². The van der Waals surface area contributed by atoms with Crippen molar-refractivity contribution in [2.24, 2.45) is 0 Å². The van der Waals surface area contributed by atoms with Gasteiger partial charge in [0, 0.05) is 19.2 Å². The van der Waals surface area contributed by atoms with Crippen LogP contribution < -0.4 is 0 Å². The van der Waals surface area contributed by atoms with Gasteiger partial charge >= 0.3 is 0 Å². The second-order valence-corrected chi connectivity index (χ2v) is 4.71. The Morgan fingerprint density at radius 2 is 2.26 bits per heavy atom. The fraction of sp³-hybridized carbons (Fsp3) is 0.286. The fourth-order valence-corrected chi connectivity index (χ4v) is 2.40. The second-order valence-electron chi connectivity index (χ2n) is 4.44. The summed E-state index contributed by atoms with van der Waals surface area (Å²) in [6, 6.07) is 5.83. The molecule has 0 saturated carbocycles. The van der Waals surface area contributed by atoms with Crippen molar-refractivity contribution >= 4 is 22.8 Å². The SMILES string of the molecule is Cc1ccnc2c1nc(CCl)n2CCc1ccco1. The molecule has 0 amide bonds. The topological polar surface area (TPSA) is 43.9 Å². The number of fused-ring (bicyclic) bond motifs is 1. The first-order valence-corrected chi connectivity index (χ1v) is 6.72. The Morgan fingerprint density at radius 1 is 1.37 bits per heavy atom. The molecule has 0 fully saturated rings. The van der Waals surface area contributed by atoms with E-state index in [0.29, 0.717) is 5.88 Å². The van der Waals surface area contributed by atoms with E-state index >= 15 is 0 Å². The molecule has 3 aromatic heterocycles. The number of pyridine rings is 1. The van der Waals surface area contributed by atoms with Crippen LogP contribution in [0.4, 0.5) is 0 Å². The highest BCUT2D eigenvalue weighted by Crippen LogP contribution is 2.19. The number of hydrogen-bond acceptors (Lipinski definition) is 3. The summed E-state index contributed by atoms with van der Waals surface area (Å²) in [4.78, 5) is 8.99. The third-order valence-electron chi connectivity index (χ3n) is 3.20. The molecule has 0 aliphatic heterocycles. The van der Waals surface area contributed by atoms with E-state index < -0.39 is 0 Å². The molecule has 3 aromatic rings. The molecule has 0 radical (unpaired) electrons. The lowest BCUT2D eigenvalue weighted by Crippen LogP contribution is -2.05. The van der Waals surface area contributed by atoms with Crippen LogP contribution in [0, 0.1) is 6.92 Å². The van der Waals surface area contributed by atoms with E-state index in [-0.39, 0.29) is 0 Å². The van der Waals surface area contributed by atoms with Crippen LogP contribution in [0.25, 0.3) is 11.2 Å². The number of nitrogens with zero attached hydrogens (tertiary/aromatic N) is 3. The zero-order chi connectivity index (χ0) is 13.2. The summed E-state index contributed by atoms with van der Waals surface area (Å²) >= 11 is 5.98. The van der Waals surface area contributed by atoms with Crippen LogP contribution in [0.1, 0.15) is 17.1 Å². The smallest absolute Gasteiger partial charge is 0.160 e. The van der Waals surface area contributed by atoms with E-state index in [1.807, 2.05) is 25.1 Å².